The Balaban J connectivity index is 2.88. The van der Waals surface area contributed by atoms with Crippen molar-refractivity contribution in [3.8, 4) is 0 Å². The van der Waals surface area contributed by atoms with Crippen LogP contribution in [0.4, 0.5) is 5.82 Å². The number of hydrogen-bond donors (Lipinski definition) is 1. The molecule has 0 atom stereocenters. The van der Waals surface area contributed by atoms with Crippen LogP contribution in [0.3, 0.4) is 0 Å². The fourth-order valence-corrected chi connectivity index (χ4v) is 1.83. The summed E-state index contributed by atoms with van der Waals surface area (Å²) in [4.78, 5) is 6.17. The van der Waals surface area contributed by atoms with Crippen LogP contribution in [0.2, 0.25) is 0 Å². The molecule has 0 saturated carbocycles. The molecule has 13 heavy (non-hydrogen) atoms. The molecule has 0 bridgehead atoms. The summed E-state index contributed by atoms with van der Waals surface area (Å²) in [5.74, 6) is 0.861. The molecule has 1 aromatic rings. The molecule has 0 aliphatic carbocycles. The third kappa shape index (κ3) is 2.67. The predicted octanol–water partition coefficient (Wildman–Crippen LogP) is 1.58. The molecule has 1 heterocycles. The van der Waals surface area contributed by atoms with Crippen LogP contribution in [0, 0.1) is 6.92 Å². The second-order valence-electron chi connectivity index (χ2n) is 2.96. The van der Waals surface area contributed by atoms with E-state index in [2.05, 4.69) is 20.9 Å². The van der Waals surface area contributed by atoms with Crippen molar-refractivity contribution >= 4 is 21.7 Å². The van der Waals surface area contributed by atoms with Gasteiger partial charge in [0.05, 0.1) is 11.1 Å². The summed E-state index contributed by atoms with van der Waals surface area (Å²) in [6.07, 6.45) is 1.81. The molecule has 72 valence electrons. The van der Waals surface area contributed by atoms with E-state index >= 15 is 0 Å². The Hall–Kier alpha value is -0.610. The molecule has 1 N–H and O–H groups in total. The Labute approximate surface area is 86.5 Å². The Bertz CT molecular complexity index is 291. The Morgan fingerprint density at radius 1 is 1.62 bits per heavy atom. The standard InChI is InChI=1S/C9H13BrN2O/c1-7-5-8(10)9(11-6-7)12(2)3-4-13/h5-6,13H,3-4H2,1-2H3. The fourth-order valence-electron chi connectivity index (χ4n) is 1.06. The van der Waals surface area contributed by atoms with Crippen molar-refractivity contribution in [2.75, 3.05) is 25.1 Å². The molecule has 4 heteroatoms. The smallest absolute Gasteiger partial charge is 0.142 e. The number of halogens is 1. The summed E-state index contributed by atoms with van der Waals surface area (Å²) >= 11 is 3.43. The Morgan fingerprint density at radius 2 is 2.31 bits per heavy atom. The summed E-state index contributed by atoms with van der Waals surface area (Å²) in [5, 5.41) is 8.76. The zero-order valence-corrected chi connectivity index (χ0v) is 9.37. The van der Waals surface area contributed by atoms with Gasteiger partial charge in [0, 0.05) is 19.8 Å². The van der Waals surface area contributed by atoms with E-state index < -0.39 is 0 Å². The predicted molar refractivity (Wildman–Crippen MR) is 57.0 cm³/mol. The number of hydrogen-bond acceptors (Lipinski definition) is 3. The van der Waals surface area contributed by atoms with Crippen LogP contribution in [0.15, 0.2) is 16.7 Å². The topological polar surface area (TPSA) is 36.4 Å². The number of likely N-dealkylation sites (N-methyl/N-ethyl adjacent to an activating group) is 1. The Morgan fingerprint density at radius 3 is 2.85 bits per heavy atom. The first kappa shape index (κ1) is 10.5. The van der Waals surface area contributed by atoms with Crippen molar-refractivity contribution in [3.63, 3.8) is 0 Å². The molecule has 0 spiro atoms. The van der Waals surface area contributed by atoms with E-state index in [0.29, 0.717) is 6.54 Å². The van der Waals surface area contributed by atoms with Gasteiger partial charge in [-0.2, -0.15) is 0 Å². The maximum absolute atomic E-state index is 8.76. The van der Waals surface area contributed by atoms with E-state index in [4.69, 9.17) is 5.11 Å². The summed E-state index contributed by atoms with van der Waals surface area (Å²) in [7, 11) is 1.90. The lowest BCUT2D eigenvalue weighted by atomic mass is 10.3. The van der Waals surface area contributed by atoms with Crippen molar-refractivity contribution in [2.24, 2.45) is 0 Å². The molecular formula is C9H13BrN2O. The second-order valence-corrected chi connectivity index (χ2v) is 3.82. The minimum Gasteiger partial charge on any atom is -0.395 e. The average molecular weight is 245 g/mol. The lowest BCUT2D eigenvalue weighted by Crippen LogP contribution is -2.22. The average Bonchev–Trinajstić information content (AvgIpc) is 2.04. The van der Waals surface area contributed by atoms with Gasteiger partial charge in [0.15, 0.2) is 0 Å². The zero-order chi connectivity index (χ0) is 9.84. The monoisotopic (exact) mass is 244 g/mol. The third-order valence-electron chi connectivity index (χ3n) is 1.76. The van der Waals surface area contributed by atoms with E-state index in [-0.39, 0.29) is 6.61 Å². The summed E-state index contributed by atoms with van der Waals surface area (Å²) in [6, 6.07) is 2.01. The molecule has 0 unspecified atom stereocenters. The van der Waals surface area contributed by atoms with Crippen molar-refractivity contribution in [3.05, 3.63) is 22.3 Å². The van der Waals surface area contributed by atoms with Crippen LogP contribution in [-0.2, 0) is 0 Å². The molecule has 0 fully saturated rings. The molecule has 0 aromatic carbocycles. The van der Waals surface area contributed by atoms with Crippen LogP contribution in [0.25, 0.3) is 0 Å². The summed E-state index contributed by atoms with van der Waals surface area (Å²) < 4.78 is 0.962. The lowest BCUT2D eigenvalue weighted by molar-refractivity contribution is 0.304. The van der Waals surface area contributed by atoms with E-state index in [0.717, 1.165) is 15.9 Å². The minimum atomic E-state index is 0.137. The largest absolute Gasteiger partial charge is 0.395 e. The van der Waals surface area contributed by atoms with Crippen LogP contribution in [0.1, 0.15) is 5.56 Å². The molecule has 0 radical (unpaired) electrons. The van der Waals surface area contributed by atoms with Crippen molar-refractivity contribution in [2.45, 2.75) is 6.92 Å². The molecule has 1 aromatic heterocycles. The number of anilines is 1. The van der Waals surface area contributed by atoms with Gasteiger partial charge in [-0.15, -0.1) is 0 Å². The maximum atomic E-state index is 8.76. The first-order valence-electron chi connectivity index (χ1n) is 4.09. The maximum Gasteiger partial charge on any atom is 0.142 e. The van der Waals surface area contributed by atoms with Crippen LogP contribution in [0.5, 0.6) is 0 Å². The van der Waals surface area contributed by atoms with E-state index in [9.17, 15) is 0 Å². The number of aromatic nitrogens is 1. The van der Waals surface area contributed by atoms with Gasteiger partial charge in [0.25, 0.3) is 0 Å². The second kappa shape index (κ2) is 4.58. The highest BCUT2D eigenvalue weighted by atomic mass is 79.9. The highest BCUT2D eigenvalue weighted by Gasteiger charge is 2.05. The van der Waals surface area contributed by atoms with E-state index in [1.165, 1.54) is 0 Å². The quantitative estimate of drug-likeness (QED) is 0.878. The first-order valence-corrected chi connectivity index (χ1v) is 4.88. The number of aryl methyl sites for hydroxylation is 1. The molecule has 1 rings (SSSR count). The molecular weight excluding hydrogens is 232 g/mol. The van der Waals surface area contributed by atoms with Gasteiger partial charge < -0.3 is 10.0 Å². The van der Waals surface area contributed by atoms with Gasteiger partial charge in [-0.25, -0.2) is 4.98 Å². The summed E-state index contributed by atoms with van der Waals surface area (Å²) in [6.45, 7) is 2.72. The van der Waals surface area contributed by atoms with Crippen LogP contribution in [-0.4, -0.2) is 30.3 Å². The van der Waals surface area contributed by atoms with Gasteiger partial charge in [0.2, 0.25) is 0 Å². The number of pyridine rings is 1. The zero-order valence-electron chi connectivity index (χ0n) is 7.79. The fraction of sp³-hybridized carbons (Fsp3) is 0.444. The Kier molecular flexibility index (Phi) is 3.69. The number of aliphatic hydroxyl groups excluding tert-OH is 1. The van der Waals surface area contributed by atoms with Crippen molar-refractivity contribution < 1.29 is 5.11 Å². The molecule has 0 aliphatic heterocycles. The van der Waals surface area contributed by atoms with Gasteiger partial charge in [-0.1, -0.05) is 0 Å². The molecule has 0 amide bonds. The van der Waals surface area contributed by atoms with Gasteiger partial charge >= 0.3 is 0 Å². The van der Waals surface area contributed by atoms with Crippen molar-refractivity contribution in [1.82, 2.24) is 4.98 Å². The SMILES string of the molecule is Cc1cnc(N(C)CCO)c(Br)c1. The molecule has 0 saturated heterocycles. The van der Waals surface area contributed by atoms with Crippen molar-refractivity contribution in [1.29, 1.82) is 0 Å². The molecule has 3 nitrogen and oxygen atoms in total. The number of nitrogens with zero attached hydrogens (tertiary/aromatic N) is 2. The normalized spacial score (nSPS) is 10.2. The van der Waals surface area contributed by atoms with Gasteiger partial charge in [0.1, 0.15) is 5.82 Å². The number of rotatable bonds is 3. The summed E-state index contributed by atoms with van der Waals surface area (Å²) in [5.41, 5.74) is 1.12. The van der Waals surface area contributed by atoms with Crippen LogP contribution < -0.4 is 4.90 Å². The first-order chi connectivity index (χ1) is 6.15. The van der Waals surface area contributed by atoms with Crippen LogP contribution >= 0.6 is 15.9 Å². The van der Waals surface area contributed by atoms with E-state index in [1.54, 1.807) is 0 Å². The third-order valence-corrected chi connectivity index (χ3v) is 2.34. The lowest BCUT2D eigenvalue weighted by Gasteiger charge is -2.18. The van der Waals surface area contributed by atoms with Gasteiger partial charge in [-0.3, -0.25) is 0 Å². The highest BCUT2D eigenvalue weighted by Crippen LogP contribution is 2.22. The molecule has 0 aliphatic rings. The van der Waals surface area contributed by atoms with Gasteiger partial charge in [-0.05, 0) is 34.5 Å². The number of aliphatic hydroxyl groups is 1. The van der Waals surface area contributed by atoms with E-state index in [1.807, 2.05) is 31.1 Å². The minimum absolute atomic E-state index is 0.137. The highest BCUT2D eigenvalue weighted by molar-refractivity contribution is 9.10.